The van der Waals surface area contributed by atoms with Gasteiger partial charge >= 0.3 is 0 Å². The predicted octanol–water partition coefficient (Wildman–Crippen LogP) is 3.43. The van der Waals surface area contributed by atoms with Crippen molar-refractivity contribution in [1.29, 1.82) is 0 Å². The first-order chi connectivity index (χ1) is 10.6. The minimum Gasteiger partial charge on any atom is -0.502 e. The summed E-state index contributed by atoms with van der Waals surface area (Å²) in [6.45, 7) is 8.03. The molecule has 1 aliphatic carbocycles. The monoisotopic (exact) mass is 305 g/mol. The van der Waals surface area contributed by atoms with Gasteiger partial charge in [-0.1, -0.05) is 13.3 Å². The zero-order valence-corrected chi connectivity index (χ0v) is 14.6. The van der Waals surface area contributed by atoms with Crippen LogP contribution in [0.3, 0.4) is 0 Å². The Morgan fingerprint density at radius 2 is 2.27 bits per heavy atom. The Hall–Kier alpha value is -1.29. The van der Waals surface area contributed by atoms with Gasteiger partial charge in [0, 0.05) is 12.2 Å². The van der Waals surface area contributed by atoms with Crippen LogP contribution in [0.15, 0.2) is 11.8 Å². The van der Waals surface area contributed by atoms with Crippen LogP contribution in [0.4, 0.5) is 0 Å². The predicted molar refractivity (Wildman–Crippen MR) is 90.5 cm³/mol. The molecule has 0 saturated carbocycles. The van der Waals surface area contributed by atoms with Crippen LogP contribution >= 0.6 is 0 Å². The van der Waals surface area contributed by atoms with Crippen molar-refractivity contribution in [3.05, 3.63) is 29.0 Å². The standard InChI is InChI=1S/C18H31N3O/c1-5-14(8-7-13(3)22-4)15-9-10-17-16(11-15)20-18(12-19)21(17)6-2/h7,14-15H,5-6,8-12,19H2,1-4H3/b13-7+. The van der Waals surface area contributed by atoms with Crippen molar-refractivity contribution >= 4 is 0 Å². The van der Waals surface area contributed by atoms with Crippen molar-refractivity contribution in [2.24, 2.45) is 17.6 Å². The van der Waals surface area contributed by atoms with Crippen molar-refractivity contribution in [2.45, 2.75) is 66.0 Å². The largest absolute Gasteiger partial charge is 0.502 e. The van der Waals surface area contributed by atoms with Crippen LogP contribution in [0.25, 0.3) is 0 Å². The van der Waals surface area contributed by atoms with Gasteiger partial charge in [0.2, 0.25) is 0 Å². The van der Waals surface area contributed by atoms with Gasteiger partial charge in [0.05, 0.1) is 25.1 Å². The van der Waals surface area contributed by atoms with Crippen molar-refractivity contribution in [1.82, 2.24) is 9.55 Å². The van der Waals surface area contributed by atoms with Crippen molar-refractivity contribution in [3.63, 3.8) is 0 Å². The molecule has 124 valence electrons. The van der Waals surface area contributed by atoms with Gasteiger partial charge in [-0.25, -0.2) is 4.98 Å². The average Bonchev–Trinajstić information content (AvgIpc) is 2.91. The molecule has 2 rings (SSSR count). The maximum Gasteiger partial charge on any atom is 0.122 e. The molecule has 2 atom stereocenters. The fraction of sp³-hybridized carbons (Fsp3) is 0.722. The Morgan fingerprint density at radius 1 is 1.50 bits per heavy atom. The summed E-state index contributed by atoms with van der Waals surface area (Å²) in [7, 11) is 1.74. The summed E-state index contributed by atoms with van der Waals surface area (Å²) in [5.74, 6) is 3.52. The third-order valence-electron chi connectivity index (χ3n) is 5.16. The molecular weight excluding hydrogens is 274 g/mol. The molecule has 1 aromatic rings. The van der Waals surface area contributed by atoms with Gasteiger partial charge in [0.15, 0.2) is 0 Å². The zero-order valence-electron chi connectivity index (χ0n) is 14.6. The molecule has 0 aromatic carbocycles. The van der Waals surface area contributed by atoms with E-state index in [-0.39, 0.29) is 0 Å². The van der Waals surface area contributed by atoms with E-state index < -0.39 is 0 Å². The summed E-state index contributed by atoms with van der Waals surface area (Å²) in [5.41, 5.74) is 8.57. The second kappa shape index (κ2) is 7.82. The van der Waals surface area contributed by atoms with Gasteiger partial charge in [-0.15, -0.1) is 0 Å². The third kappa shape index (κ3) is 3.54. The van der Waals surface area contributed by atoms with Crippen LogP contribution in [0.5, 0.6) is 0 Å². The van der Waals surface area contributed by atoms with E-state index in [1.165, 1.54) is 24.2 Å². The minimum atomic E-state index is 0.540. The summed E-state index contributed by atoms with van der Waals surface area (Å²) in [5, 5.41) is 0. The normalized spacial score (nSPS) is 19.9. The van der Waals surface area contributed by atoms with Gasteiger partial charge < -0.3 is 15.0 Å². The molecule has 0 bridgehead atoms. The van der Waals surface area contributed by atoms with E-state index in [4.69, 9.17) is 15.5 Å². The summed E-state index contributed by atoms with van der Waals surface area (Å²) in [4.78, 5) is 4.82. The molecule has 0 radical (unpaired) electrons. The number of ether oxygens (including phenoxy) is 1. The topological polar surface area (TPSA) is 53.1 Å². The Bertz CT molecular complexity index is 519. The summed E-state index contributed by atoms with van der Waals surface area (Å²) < 4.78 is 7.59. The average molecular weight is 305 g/mol. The van der Waals surface area contributed by atoms with Crippen molar-refractivity contribution in [3.8, 4) is 0 Å². The van der Waals surface area contributed by atoms with Crippen molar-refractivity contribution in [2.75, 3.05) is 7.11 Å². The molecule has 0 aliphatic heterocycles. The third-order valence-corrected chi connectivity index (χ3v) is 5.16. The number of hydrogen-bond donors (Lipinski definition) is 1. The van der Waals surface area contributed by atoms with Crippen LogP contribution in [0.1, 0.15) is 57.2 Å². The first kappa shape index (κ1) is 17.1. The van der Waals surface area contributed by atoms with Crippen LogP contribution in [-0.2, 0) is 30.7 Å². The zero-order chi connectivity index (χ0) is 16.1. The van der Waals surface area contributed by atoms with Crippen LogP contribution in [-0.4, -0.2) is 16.7 Å². The van der Waals surface area contributed by atoms with E-state index in [1.807, 2.05) is 6.92 Å². The molecule has 0 amide bonds. The summed E-state index contributed by atoms with van der Waals surface area (Å²) >= 11 is 0. The van der Waals surface area contributed by atoms with Crippen LogP contribution in [0.2, 0.25) is 0 Å². The molecule has 1 heterocycles. The number of methoxy groups -OCH3 is 1. The van der Waals surface area contributed by atoms with E-state index in [0.29, 0.717) is 12.5 Å². The number of nitrogens with zero attached hydrogens (tertiary/aromatic N) is 2. The smallest absolute Gasteiger partial charge is 0.122 e. The van der Waals surface area contributed by atoms with E-state index in [2.05, 4.69) is 24.5 Å². The Morgan fingerprint density at radius 3 is 2.86 bits per heavy atom. The molecule has 2 N–H and O–H groups in total. The van der Waals surface area contributed by atoms with Gasteiger partial charge in [-0.2, -0.15) is 0 Å². The molecule has 1 aliphatic rings. The van der Waals surface area contributed by atoms with Gasteiger partial charge in [-0.05, 0) is 57.4 Å². The number of fused-ring (bicyclic) bond motifs is 1. The Kier molecular flexibility index (Phi) is 6.07. The number of nitrogens with two attached hydrogens (primary N) is 1. The molecule has 4 nitrogen and oxygen atoms in total. The highest BCUT2D eigenvalue weighted by Gasteiger charge is 2.28. The number of aromatic nitrogens is 2. The molecule has 22 heavy (non-hydrogen) atoms. The van der Waals surface area contributed by atoms with Gasteiger partial charge in [0.1, 0.15) is 5.82 Å². The summed E-state index contributed by atoms with van der Waals surface area (Å²) in [6.07, 6.45) is 8.07. The van der Waals surface area contributed by atoms with E-state index in [9.17, 15) is 0 Å². The molecule has 0 saturated heterocycles. The Balaban J connectivity index is 2.11. The lowest BCUT2D eigenvalue weighted by Crippen LogP contribution is -2.23. The number of rotatable bonds is 7. The molecule has 0 fully saturated rings. The SMILES string of the molecule is CCC(C/C=C(\C)OC)C1CCc2c(nc(CN)n2CC)C1. The highest BCUT2D eigenvalue weighted by Crippen LogP contribution is 2.34. The fourth-order valence-corrected chi connectivity index (χ4v) is 3.73. The maximum absolute atomic E-state index is 5.85. The Labute approximate surface area is 134 Å². The maximum atomic E-state index is 5.85. The highest BCUT2D eigenvalue weighted by molar-refractivity contribution is 5.21. The second-order valence-corrected chi connectivity index (χ2v) is 6.30. The molecule has 4 heteroatoms. The van der Waals surface area contributed by atoms with Gasteiger partial charge in [0.25, 0.3) is 0 Å². The first-order valence-electron chi connectivity index (χ1n) is 8.62. The van der Waals surface area contributed by atoms with Gasteiger partial charge in [-0.3, -0.25) is 0 Å². The van der Waals surface area contributed by atoms with E-state index >= 15 is 0 Å². The highest BCUT2D eigenvalue weighted by atomic mass is 16.5. The first-order valence-corrected chi connectivity index (χ1v) is 8.62. The van der Waals surface area contributed by atoms with Crippen LogP contribution in [0, 0.1) is 11.8 Å². The molecular formula is C18H31N3O. The summed E-state index contributed by atoms with van der Waals surface area (Å²) in [6, 6.07) is 0. The lowest BCUT2D eigenvalue weighted by Gasteiger charge is -2.29. The molecule has 1 aromatic heterocycles. The number of imidazole rings is 1. The lowest BCUT2D eigenvalue weighted by atomic mass is 9.77. The number of allylic oxidation sites excluding steroid dienone is 2. The van der Waals surface area contributed by atoms with E-state index in [0.717, 1.165) is 43.3 Å². The fourth-order valence-electron chi connectivity index (χ4n) is 3.73. The van der Waals surface area contributed by atoms with E-state index in [1.54, 1.807) is 7.11 Å². The lowest BCUT2D eigenvalue weighted by molar-refractivity contribution is 0.271. The van der Waals surface area contributed by atoms with Crippen LogP contribution < -0.4 is 5.73 Å². The quantitative estimate of drug-likeness (QED) is 0.785. The minimum absolute atomic E-state index is 0.540. The number of hydrogen-bond acceptors (Lipinski definition) is 3. The molecule has 0 spiro atoms. The van der Waals surface area contributed by atoms with Crippen molar-refractivity contribution < 1.29 is 4.74 Å². The second-order valence-electron chi connectivity index (χ2n) is 6.30. The molecule has 2 unspecified atom stereocenters.